The lowest BCUT2D eigenvalue weighted by atomic mass is 10.3. The smallest absolute Gasteiger partial charge is 0.236 e. The van der Waals surface area contributed by atoms with E-state index in [1.165, 1.54) is 0 Å². The molecule has 0 aromatic carbocycles. The summed E-state index contributed by atoms with van der Waals surface area (Å²) < 4.78 is 4.47. The van der Waals surface area contributed by atoms with Gasteiger partial charge in [-0.15, -0.1) is 0 Å². The van der Waals surface area contributed by atoms with Crippen LogP contribution in [0.1, 0.15) is 16.1 Å². The van der Waals surface area contributed by atoms with Crippen LogP contribution in [0.3, 0.4) is 0 Å². The maximum Gasteiger partial charge on any atom is 0.236 e. The first-order valence-corrected chi connectivity index (χ1v) is 2.70. The highest BCUT2D eigenvalue weighted by atomic mass is 35.5. The number of nitrogens with zero attached hydrogens (tertiary/aromatic N) is 1. The van der Waals surface area contributed by atoms with Gasteiger partial charge in [0.15, 0.2) is 6.29 Å². The fourth-order valence-electron chi connectivity index (χ4n) is 0.481. The Morgan fingerprint density at radius 2 is 2.44 bits per heavy atom. The van der Waals surface area contributed by atoms with Gasteiger partial charge in [0.2, 0.25) is 5.22 Å². The Labute approximate surface area is 56.6 Å². The molecule has 0 radical (unpaired) electrons. The van der Waals surface area contributed by atoms with Gasteiger partial charge in [-0.05, 0) is 18.5 Å². The largest absolute Gasteiger partial charge is 0.343 e. The van der Waals surface area contributed by atoms with Crippen molar-refractivity contribution < 1.29 is 9.32 Å². The normalized spacial score (nSPS) is 9.56. The molecule has 0 fully saturated rings. The zero-order chi connectivity index (χ0) is 6.85. The van der Waals surface area contributed by atoms with Gasteiger partial charge in [0.05, 0.1) is 11.3 Å². The first-order valence-electron chi connectivity index (χ1n) is 2.32. The van der Waals surface area contributed by atoms with Crippen molar-refractivity contribution in [1.29, 1.82) is 0 Å². The van der Waals surface area contributed by atoms with Crippen molar-refractivity contribution in [3.63, 3.8) is 0 Å². The third-order valence-corrected chi connectivity index (χ3v) is 1.25. The molecular formula is C5H4ClNO2. The number of hydrogen-bond acceptors (Lipinski definition) is 3. The van der Waals surface area contributed by atoms with Gasteiger partial charge in [-0.3, -0.25) is 4.79 Å². The molecule has 1 rings (SSSR count). The van der Waals surface area contributed by atoms with Crippen LogP contribution < -0.4 is 0 Å². The standard InChI is InChI=1S/C5H4ClNO2/c1-3-4(2-8)5(6)9-7-3/h2H,1H3. The van der Waals surface area contributed by atoms with Gasteiger partial charge in [0, 0.05) is 0 Å². The molecule has 0 atom stereocenters. The Morgan fingerprint density at radius 3 is 2.67 bits per heavy atom. The minimum absolute atomic E-state index is 0.0579. The van der Waals surface area contributed by atoms with Crippen LogP contribution in [-0.4, -0.2) is 11.4 Å². The minimum Gasteiger partial charge on any atom is -0.343 e. The summed E-state index contributed by atoms with van der Waals surface area (Å²) in [6, 6.07) is 0. The molecule has 4 heteroatoms. The molecule has 9 heavy (non-hydrogen) atoms. The van der Waals surface area contributed by atoms with Crippen molar-refractivity contribution in [2.75, 3.05) is 0 Å². The summed E-state index contributed by atoms with van der Waals surface area (Å²) in [5.74, 6) is 0. The predicted molar refractivity (Wildman–Crippen MR) is 31.6 cm³/mol. The van der Waals surface area contributed by atoms with Gasteiger partial charge < -0.3 is 4.52 Å². The molecule has 0 aliphatic heterocycles. The first kappa shape index (κ1) is 6.29. The van der Waals surface area contributed by atoms with Gasteiger partial charge in [0.25, 0.3) is 0 Å². The molecule has 0 aliphatic rings. The highest BCUT2D eigenvalue weighted by Crippen LogP contribution is 2.15. The van der Waals surface area contributed by atoms with E-state index >= 15 is 0 Å². The Bertz CT molecular complexity index is 211. The van der Waals surface area contributed by atoms with Gasteiger partial charge in [-0.1, -0.05) is 5.16 Å². The number of carbonyl (C=O) groups is 1. The van der Waals surface area contributed by atoms with Crippen LogP contribution in [0.15, 0.2) is 4.52 Å². The van der Waals surface area contributed by atoms with Gasteiger partial charge in [0.1, 0.15) is 0 Å². The Balaban J connectivity index is 3.22. The lowest BCUT2D eigenvalue weighted by molar-refractivity contribution is 0.112. The van der Waals surface area contributed by atoms with E-state index in [0.29, 0.717) is 17.5 Å². The highest BCUT2D eigenvalue weighted by Gasteiger charge is 2.07. The fraction of sp³-hybridized carbons (Fsp3) is 0.200. The zero-order valence-electron chi connectivity index (χ0n) is 4.72. The summed E-state index contributed by atoms with van der Waals surface area (Å²) in [5, 5.41) is 3.51. The maximum absolute atomic E-state index is 10.1. The van der Waals surface area contributed by atoms with Crippen LogP contribution in [0, 0.1) is 6.92 Å². The van der Waals surface area contributed by atoms with Gasteiger partial charge >= 0.3 is 0 Å². The SMILES string of the molecule is Cc1noc(Cl)c1C=O. The molecule has 1 heterocycles. The summed E-state index contributed by atoms with van der Waals surface area (Å²) in [4.78, 5) is 10.1. The van der Waals surface area contributed by atoms with Crippen LogP contribution in [0.25, 0.3) is 0 Å². The lowest BCUT2D eigenvalue weighted by Gasteiger charge is -1.77. The van der Waals surface area contributed by atoms with E-state index in [1.54, 1.807) is 6.92 Å². The van der Waals surface area contributed by atoms with Crippen molar-refractivity contribution in [2.45, 2.75) is 6.92 Å². The predicted octanol–water partition coefficient (Wildman–Crippen LogP) is 1.45. The number of aromatic nitrogens is 1. The number of hydrogen-bond donors (Lipinski definition) is 0. The van der Waals surface area contributed by atoms with Gasteiger partial charge in [-0.25, -0.2) is 0 Å². The van der Waals surface area contributed by atoms with Crippen molar-refractivity contribution in [3.8, 4) is 0 Å². The second kappa shape index (κ2) is 2.19. The average molecular weight is 146 g/mol. The van der Waals surface area contributed by atoms with E-state index in [4.69, 9.17) is 11.6 Å². The summed E-state index contributed by atoms with van der Waals surface area (Å²) >= 11 is 5.38. The van der Waals surface area contributed by atoms with E-state index in [2.05, 4.69) is 9.68 Å². The second-order valence-electron chi connectivity index (χ2n) is 1.57. The first-order chi connectivity index (χ1) is 4.25. The van der Waals surface area contributed by atoms with Crippen LogP contribution in [-0.2, 0) is 0 Å². The van der Waals surface area contributed by atoms with Gasteiger partial charge in [-0.2, -0.15) is 0 Å². The van der Waals surface area contributed by atoms with E-state index in [9.17, 15) is 4.79 Å². The van der Waals surface area contributed by atoms with Crippen molar-refractivity contribution in [3.05, 3.63) is 16.5 Å². The van der Waals surface area contributed by atoms with E-state index < -0.39 is 0 Å². The fourth-order valence-corrected chi connectivity index (χ4v) is 0.697. The van der Waals surface area contributed by atoms with Crippen LogP contribution in [0.5, 0.6) is 0 Å². The molecule has 48 valence electrons. The molecule has 3 nitrogen and oxygen atoms in total. The molecule has 0 aliphatic carbocycles. The number of rotatable bonds is 1. The highest BCUT2D eigenvalue weighted by molar-refractivity contribution is 6.31. The molecule has 1 aromatic heterocycles. The Hall–Kier alpha value is -0.830. The lowest BCUT2D eigenvalue weighted by Crippen LogP contribution is -1.79. The van der Waals surface area contributed by atoms with Crippen LogP contribution >= 0.6 is 11.6 Å². The van der Waals surface area contributed by atoms with Crippen LogP contribution in [0.2, 0.25) is 5.22 Å². The molecule has 1 aromatic rings. The van der Waals surface area contributed by atoms with Crippen molar-refractivity contribution in [2.24, 2.45) is 0 Å². The molecular weight excluding hydrogens is 142 g/mol. The maximum atomic E-state index is 10.1. The number of carbonyl (C=O) groups excluding carboxylic acids is 1. The molecule has 0 N–H and O–H groups in total. The number of halogens is 1. The molecule has 0 spiro atoms. The number of aldehydes is 1. The molecule has 0 bridgehead atoms. The number of aryl methyl sites for hydroxylation is 1. The third-order valence-electron chi connectivity index (χ3n) is 0.982. The summed E-state index contributed by atoms with van der Waals surface area (Å²) in [6.45, 7) is 1.65. The second-order valence-corrected chi connectivity index (χ2v) is 1.92. The topological polar surface area (TPSA) is 43.1 Å². The van der Waals surface area contributed by atoms with E-state index in [1.807, 2.05) is 0 Å². The zero-order valence-corrected chi connectivity index (χ0v) is 5.47. The molecule has 0 saturated heterocycles. The minimum atomic E-state index is 0.0579. The molecule has 0 unspecified atom stereocenters. The summed E-state index contributed by atoms with van der Waals surface area (Å²) in [6.07, 6.45) is 0.619. The quantitative estimate of drug-likeness (QED) is 0.562. The summed E-state index contributed by atoms with van der Waals surface area (Å²) in [7, 11) is 0. The Kier molecular flexibility index (Phi) is 1.53. The third kappa shape index (κ3) is 0.954. The van der Waals surface area contributed by atoms with Crippen molar-refractivity contribution in [1.82, 2.24) is 5.16 Å². The Morgan fingerprint density at radius 1 is 1.78 bits per heavy atom. The molecule has 0 amide bonds. The monoisotopic (exact) mass is 145 g/mol. The van der Waals surface area contributed by atoms with Crippen LogP contribution in [0.4, 0.5) is 0 Å². The van der Waals surface area contributed by atoms with E-state index in [-0.39, 0.29) is 5.22 Å². The summed E-state index contributed by atoms with van der Waals surface area (Å²) in [5.41, 5.74) is 0.853. The van der Waals surface area contributed by atoms with E-state index in [0.717, 1.165) is 0 Å². The molecule has 0 saturated carbocycles. The van der Waals surface area contributed by atoms with Crippen molar-refractivity contribution >= 4 is 17.9 Å². The average Bonchev–Trinajstić information content (AvgIpc) is 2.12.